The van der Waals surface area contributed by atoms with E-state index in [1.54, 1.807) is 24.3 Å². The first-order chi connectivity index (χ1) is 13.2. The number of esters is 1. The fourth-order valence-electron chi connectivity index (χ4n) is 3.33. The van der Waals surface area contributed by atoms with Crippen molar-refractivity contribution in [3.8, 4) is 5.75 Å². The first-order valence-corrected chi connectivity index (χ1v) is 11.6. The molecule has 0 bridgehead atoms. The Kier molecular flexibility index (Phi) is 15.2. The van der Waals surface area contributed by atoms with Gasteiger partial charge in [0.25, 0.3) is 0 Å². The van der Waals surface area contributed by atoms with Gasteiger partial charge in [-0.3, -0.25) is 4.79 Å². The Bertz CT molecular complexity index is 470. The van der Waals surface area contributed by atoms with Crippen molar-refractivity contribution in [1.82, 2.24) is 0 Å². The van der Waals surface area contributed by atoms with Crippen molar-refractivity contribution in [2.45, 2.75) is 110 Å². The summed E-state index contributed by atoms with van der Waals surface area (Å²) in [5.74, 6) is 0.428. The van der Waals surface area contributed by atoms with E-state index in [9.17, 15) is 4.79 Å². The number of ether oxygens (including phenoxy) is 1. The summed E-state index contributed by atoms with van der Waals surface area (Å²) in [6.07, 6.45) is 20.5. The second kappa shape index (κ2) is 17.1. The fraction of sp³-hybridized carbons (Fsp3) is 0.708. The van der Waals surface area contributed by atoms with Crippen molar-refractivity contribution in [3.05, 3.63) is 29.3 Å². The van der Waals surface area contributed by atoms with Crippen LogP contribution >= 0.6 is 11.6 Å². The SMILES string of the molecule is CCCCCCCCCCCCCCCCCC(=O)Oc1ccc(Cl)cc1. The van der Waals surface area contributed by atoms with E-state index in [1.807, 2.05) is 0 Å². The maximum atomic E-state index is 11.8. The molecule has 0 heterocycles. The summed E-state index contributed by atoms with van der Waals surface area (Å²) in [5, 5.41) is 0.650. The highest BCUT2D eigenvalue weighted by atomic mass is 35.5. The van der Waals surface area contributed by atoms with Gasteiger partial charge in [-0.2, -0.15) is 0 Å². The molecule has 0 aliphatic heterocycles. The van der Waals surface area contributed by atoms with Crippen LogP contribution in [0.1, 0.15) is 110 Å². The van der Waals surface area contributed by atoms with Gasteiger partial charge in [-0.05, 0) is 30.7 Å². The molecular formula is C24H39ClO2. The van der Waals surface area contributed by atoms with Crippen LogP contribution in [0.25, 0.3) is 0 Å². The zero-order valence-corrected chi connectivity index (χ0v) is 18.1. The lowest BCUT2D eigenvalue weighted by Gasteiger charge is -2.05. The lowest BCUT2D eigenvalue weighted by Crippen LogP contribution is -2.07. The van der Waals surface area contributed by atoms with E-state index < -0.39 is 0 Å². The van der Waals surface area contributed by atoms with Crippen molar-refractivity contribution >= 4 is 17.6 Å². The van der Waals surface area contributed by atoms with Gasteiger partial charge in [0.15, 0.2) is 0 Å². The van der Waals surface area contributed by atoms with Crippen LogP contribution in [-0.2, 0) is 4.79 Å². The van der Waals surface area contributed by atoms with Gasteiger partial charge in [0.05, 0.1) is 0 Å². The standard InChI is InChI=1S/C24H39ClO2/c1-2-3-4-5-6-7-8-9-10-11-12-13-14-15-16-17-24(26)27-23-20-18-22(25)19-21-23/h18-21H,2-17H2,1H3. The molecule has 0 N–H and O–H groups in total. The molecule has 0 amide bonds. The third-order valence-electron chi connectivity index (χ3n) is 5.03. The molecule has 0 unspecified atom stereocenters. The molecule has 1 aromatic rings. The van der Waals surface area contributed by atoms with Gasteiger partial charge >= 0.3 is 5.97 Å². The van der Waals surface area contributed by atoms with Crippen LogP contribution in [0.3, 0.4) is 0 Å². The van der Waals surface area contributed by atoms with Crippen molar-refractivity contribution in [3.63, 3.8) is 0 Å². The predicted octanol–water partition coefficient (Wildman–Crippen LogP) is 8.51. The summed E-state index contributed by atoms with van der Waals surface area (Å²) in [4.78, 5) is 11.8. The van der Waals surface area contributed by atoms with E-state index in [0.717, 1.165) is 12.8 Å². The van der Waals surface area contributed by atoms with Crippen molar-refractivity contribution < 1.29 is 9.53 Å². The summed E-state index contributed by atoms with van der Waals surface area (Å²) < 4.78 is 5.29. The topological polar surface area (TPSA) is 26.3 Å². The van der Waals surface area contributed by atoms with E-state index in [0.29, 0.717) is 17.2 Å². The molecule has 0 aliphatic carbocycles. The molecule has 1 aromatic carbocycles. The Balaban J connectivity index is 1.81. The van der Waals surface area contributed by atoms with Crippen LogP contribution in [0.5, 0.6) is 5.75 Å². The van der Waals surface area contributed by atoms with Gasteiger partial charge in [0, 0.05) is 11.4 Å². The molecular weight excluding hydrogens is 356 g/mol. The zero-order chi connectivity index (χ0) is 19.6. The first-order valence-electron chi connectivity index (χ1n) is 11.2. The number of carbonyl (C=O) groups is 1. The number of rotatable bonds is 17. The molecule has 3 heteroatoms. The Hall–Kier alpha value is -1.02. The summed E-state index contributed by atoms with van der Waals surface area (Å²) in [6.45, 7) is 2.27. The molecule has 1 rings (SSSR count). The third-order valence-corrected chi connectivity index (χ3v) is 5.28. The summed E-state index contributed by atoms with van der Waals surface area (Å²) >= 11 is 5.81. The normalized spacial score (nSPS) is 10.9. The first kappa shape index (κ1) is 24.0. The average Bonchev–Trinajstić information content (AvgIpc) is 2.66. The van der Waals surface area contributed by atoms with Gasteiger partial charge in [-0.15, -0.1) is 0 Å². The molecule has 154 valence electrons. The van der Waals surface area contributed by atoms with E-state index >= 15 is 0 Å². The average molecular weight is 395 g/mol. The number of hydrogen-bond acceptors (Lipinski definition) is 2. The van der Waals surface area contributed by atoms with E-state index in [-0.39, 0.29) is 5.97 Å². The minimum absolute atomic E-state index is 0.146. The fourth-order valence-corrected chi connectivity index (χ4v) is 3.45. The maximum Gasteiger partial charge on any atom is 0.311 e. The Morgan fingerprint density at radius 2 is 1.11 bits per heavy atom. The smallest absolute Gasteiger partial charge is 0.311 e. The molecule has 0 atom stereocenters. The molecule has 0 saturated heterocycles. The second-order valence-corrected chi connectivity index (χ2v) is 8.06. The largest absolute Gasteiger partial charge is 0.427 e. The number of unbranched alkanes of at least 4 members (excludes halogenated alkanes) is 14. The predicted molar refractivity (Wildman–Crippen MR) is 117 cm³/mol. The van der Waals surface area contributed by atoms with Crippen LogP contribution in [0.4, 0.5) is 0 Å². The van der Waals surface area contributed by atoms with Crippen molar-refractivity contribution in [1.29, 1.82) is 0 Å². The highest BCUT2D eigenvalue weighted by Crippen LogP contribution is 2.17. The summed E-state index contributed by atoms with van der Waals surface area (Å²) in [7, 11) is 0. The maximum absolute atomic E-state index is 11.8. The van der Waals surface area contributed by atoms with Gasteiger partial charge in [0.1, 0.15) is 5.75 Å². The van der Waals surface area contributed by atoms with Crippen LogP contribution in [0, 0.1) is 0 Å². The highest BCUT2D eigenvalue weighted by molar-refractivity contribution is 6.30. The van der Waals surface area contributed by atoms with Crippen molar-refractivity contribution in [2.24, 2.45) is 0 Å². The molecule has 0 saturated carbocycles. The Labute approximate surface area is 172 Å². The second-order valence-electron chi connectivity index (χ2n) is 7.63. The van der Waals surface area contributed by atoms with Crippen molar-refractivity contribution in [2.75, 3.05) is 0 Å². The number of carbonyl (C=O) groups excluding carboxylic acids is 1. The lowest BCUT2D eigenvalue weighted by atomic mass is 10.0. The Morgan fingerprint density at radius 3 is 1.56 bits per heavy atom. The summed E-state index contributed by atoms with van der Waals surface area (Å²) in [6, 6.07) is 6.93. The van der Waals surface area contributed by atoms with Gasteiger partial charge in [0.2, 0.25) is 0 Å². The quantitative estimate of drug-likeness (QED) is 0.150. The summed E-state index contributed by atoms with van der Waals surface area (Å²) in [5.41, 5.74) is 0. The molecule has 0 fully saturated rings. The van der Waals surface area contributed by atoms with Crippen LogP contribution in [-0.4, -0.2) is 5.97 Å². The van der Waals surface area contributed by atoms with E-state index in [2.05, 4.69) is 6.92 Å². The van der Waals surface area contributed by atoms with E-state index in [1.165, 1.54) is 83.5 Å². The van der Waals surface area contributed by atoms with Crippen LogP contribution in [0.2, 0.25) is 5.02 Å². The third kappa shape index (κ3) is 14.7. The molecule has 27 heavy (non-hydrogen) atoms. The minimum atomic E-state index is -0.146. The molecule has 2 nitrogen and oxygen atoms in total. The van der Waals surface area contributed by atoms with Gasteiger partial charge in [-0.25, -0.2) is 0 Å². The number of hydrogen-bond donors (Lipinski definition) is 0. The number of benzene rings is 1. The monoisotopic (exact) mass is 394 g/mol. The van der Waals surface area contributed by atoms with E-state index in [4.69, 9.17) is 16.3 Å². The molecule has 0 aliphatic rings. The van der Waals surface area contributed by atoms with Gasteiger partial charge < -0.3 is 4.74 Å². The molecule has 0 spiro atoms. The zero-order valence-electron chi connectivity index (χ0n) is 17.3. The van der Waals surface area contributed by atoms with Crippen LogP contribution < -0.4 is 4.74 Å². The van der Waals surface area contributed by atoms with Gasteiger partial charge in [-0.1, -0.05) is 108 Å². The minimum Gasteiger partial charge on any atom is -0.427 e. The number of halogens is 1. The Morgan fingerprint density at radius 1 is 0.704 bits per heavy atom. The molecule has 0 radical (unpaired) electrons. The molecule has 0 aromatic heterocycles. The highest BCUT2D eigenvalue weighted by Gasteiger charge is 2.04. The lowest BCUT2D eigenvalue weighted by molar-refractivity contribution is -0.134. The van der Waals surface area contributed by atoms with Crippen LogP contribution in [0.15, 0.2) is 24.3 Å².